The molecule has 0 rings (SSSR count). The highest BCUT2D eigenvalue weighted by molar-refractivity contribution is 8.76. The van der Waals surface area contributed by atoms with Crippen LogP contribution in [-0.4, -0.2) is 41.0 Å². The number of aliphatic carboxylic acids is 1. The van der Waals surface area contributed by atoms with Crippen molar-refractivity contribution >= 4 is 33.8 Å². The van der Waals surface area contributed by atoms with Crippen LogP contribution in [0.3, 0.4) is 0 Å². The summed E-state index contributed by atoms with van der Waals surface area (Å²) in [5, 5.41) is 8.41. The van der Waals surface area contributed by atoms with Crippen molar-refractivity contribution in [1.82, 2.24) is 0 Å². The van der Waals surface area contributed by atoms with Crippen molar-refractivity contribution in [2.45, 2.75) is 12.1 Å². The smallest absolute Gasteiger partial charge is 0.321 e. The van der Waals surface area contributed by atoms with Gasteiger partial charge in [-0.2, -0.15) is 0 Å². The summed E-state index contributed by atoms with van der Waals surface area (Å²) in [5.41, 5.74) is 10.5. The lowest BCUT2D eigenvalue weighted by Gasteiger charge is -2.05. The molecule has 0 saturated carbocycles. The molecule has 5 N–H and O–H groups in total. The van der Waals surface area contributed by atoms with Gasteiger partial charge in [-0.3, -0.25) is 4.79 Å². The third-order valence-electron chi connectivity index (χ3n) is 1.08. The van der Waals surface area contributed by atoms with Crippen molar-refractivity contribution in [3.8, 4) is 0 Å². The van der Waals surface area contributed by atoms with Crippen LogP contribution in [-0.2, 0) is 9.59 Å². The first-order valence-corrected chi connectivity index (χ1v) is 6.00. The van der Waals surface area contributed by atoms with Gasteiger partial charge in [0.2, 0.25) is 0 Å². The molecule has 0 aliphatic carbocycles. The fourth-order valence-corrected chi connectivity index (χ4v) is 2.56. The highest BCUT2D eigenvalue weighted by Crippen LogP contribution is 2.21. The summed E-state index contributed by atoms with van der Waals surface area (Å²) in [6.45, 7) is 0. The normalized spacial score (nSPS) is 14.9. The van der Waals surface area contributed by atoms with E-state index in [1.807, 2.05) is 0 Å². The highest BCUT2D eigenvalue weighted by Gasteiger charge is 2.11. The average molecular weight is 224 g/mol. The van der Waals surface area contributed by atoms with Crippen LogP contribution in [0.1, 0.15) is 0 Å². The van der Waals surface area contributed by atoms with Crippen LogP contribution in [0.15, 0.2) is 0 Å². The Bertz CT molecular complexity index is 179. The fourth-order valence-electron chi connectivity index (χ4n) is 0.359. The topological polar surface area (TPSA) is 106 Å². The minimum atomic E-state index is -1.02. The van der Waals surface area contributed by atoms with E-state index < -0.39 is 18.1 Å². The first-order valence-electron chi connectivity index (χ1n) is 3.51. The Morgan fingerprint density at radius 2 is 1.92 bits per heavy atom. The van der Waals surface area contributed by atoms with E-state index in [0.29, 0.717) is 17.8 Å². The Balaban J connectivity index is 3.35. The lowest BCUT2D eigenvalue weighted by Crippen LogP contribution is -2.32. The number of carbonyl (C=O) groups is 2. The zero-order valence-corrected chi connectivity index (χ0v) is 8.51. The molecule has 0 aliphatic rings. The van der Waals surface area contributed by atoms with Crippen molar-refractivity contribution in [3.05, 3.63) is 0 Å². The van der Waals surface area contributed by atoms with Gasteiger partial charge in [0.1, 0.15) is 12.3 Å². The van der Waals surface area contributed by atoms with Crippen molar-refractivity contribution in [2.75, 3.05) is 11.5 Å². The Hall–Kier alpha value is -0.240. The lowest BCUT2D eigenvalue weighted by molar-refractivity contribution is -0.137. The van der Waals surface area contributed by atoms with Crippen LogP contribution in [0.4, 0.5) is 0 Å². The predicted molar refractivity (Wildman–Crippen MR) is 54.6 cm³/mol. The number of hydrogen-bond donors (Lipinski definition) is 3. The molecule has 13 heavy (non-hydrogen) atoms. The average Bonchev–Trinajstić information content (AvgIpc) is 2.11. The molecule has 0 aromatic rings. The van der Waals surface area contributed by atoms with Gasteiger partial charge in [0.25, 0.3) is 0 Å². The molecule has 0 radical (unpaired) electrons. The second-order valence-corrected chi connectivity index (χ2v) is 4.87. The van der Waals surface area contributed by atoms with Crippen LogP contribution in [0, 0.1) is 0 Å². The third kappa shape index (κ3) is 6.88. The molecule has 0 bridgehead atoms. The van der Waals surface area contributed by atoms with Gasteiger partial charge < -0.3 is 21.4 Å². The second-order valence-electron chi connectivity index (χ2n) is 2.31. The molecule has 0 spiro atoms. The second kappa shape index (κ2) is 7.19. The number of carbonyl (C=O) groups excluding carboxylic acids is 1. The number of carboxylic acid groups (broad SMARTS) is 1. The maximum atomic E-state index is 10.3. The molecular weight excluding hydrogens is 212 g/mol. The van der Waals surface area contributed by atoms with Gasteiger partial charge in [0.05, 0.1) is 6.04 Å². The molecule has 0 aromatic carbocycles. The molecule has 0 fully saturated rings. The predicted octanol–water partition coefficient (Wildman–Crippen LogP) is -0.694. The SMILES string of the molecule is NC(C=O)CSSC[C@H](N)C(=O)O. The van der Waals surface area contributed by atoms with Gasteiger partial charge in [-0.1, -0.05) is 21.6 Å². The molecular formula is C6H12N2O3S2. The third-order valence-corrected chi connectivity index (χ3v) is 3.58. The molecule has 5 nitrogen and oxygen atoms in total. The first-order chi connectivity index (χ1) is 6.07. The van der Waals surface area contributed by atoms with Crippen molar-refractivity contribution in [3.63, 3.8) is 0 Å². The molecule has 0 saturated heterocycles. The standard InChI is InChI=1S/C6H12N2O3S2/c7-4(1-9)2-12-13-3-5(8)6(10)11/h1,4-5H,2-3,7-8H2,(H,10,11)/t4?,5-/m0/s1. The fraction of sp³-hybridized carbons (Fsp3) is 0.667. The van der Waals surface area contributed by atoms with E-state index >= 15 is 0 Å². The molecule has 2 atom stereocenters. The minimum absolute atomic E-state index is 0.311. The number of rotatable bonds is 7. The van der Waals surface area contributed by atoms with Gasteiger partial charge in [-0.15, -0.1) is 0 Å². The van der Waals surface area contributed by atoms with Crippen molar-refractivity contribution in [1.29, 1.82) is 0 Å². The van der Waals surface area contributed by atoms with Gasteiger partial charge in [-0.05, 0) is 0 Å². The van der Waals surface area contributed by atoms with E-state index in [2.05, 4.69) is 0 Å². The molecule has 0 amide bonds. The van der Waals surface area contributed by atoms with Crippen molar-refractivity contribution < 1.29 is 14.7 Å². The van der Waals surface area contributed by atoms with Gasteiger partial charge in [0.15, 0.2) is 0 Å². The summed E-state index contributed by atoms with van der Waals surface area (Å²) in [6.07, 6.45) is 0.657. The Morgan fingerprint density at radius 3 is 2.38 bits per heavy atom. The Morgan fingerprint density at radius 1 is 1.38 bits per heavy atom. The van der Waals surface area contributed by atoms with Crippen LogP contribution in [0.25, 0.3) is 0 Å². The van der Waals surface area contributed by atoms with Crippen LogP contribution < -0.4 is 11.5 Å². The summed E-state index contributed by atoms with van der Waals surface area (Å²) in [4.78, 5) is 20.3. The first kappa shape index (κ1) is 12.8. The van der Waals surface area contributed by atoms with Crippen LogP contribution in [0.5, 0.6) is 0 Å². The maximum Gasteiger partial charge on any atom is 0.321 e. The molecule has 0 heterocycles. The van der Waals surface area contributed by atoms with E-state index in [-0.39, 0.29) is 0 Å². The number of carboxylic acids is 1. The van der Waals surface area contributed by atoms with E-state index in [1.54, 1.807) is 0 Å². The zero-order valence-electron chi connectivity index (χ0n) is 6.88. The monoisotopic (exact) mass is 224 g/mol. The summed E-state index contributed by atoms with van der Waals surface area (Å²) in [6, 6.07) is -1.34. The molecule has 7 heteroatoms. The van der Waals surface area contributed by atoms with Crippen LogP contribution in [0.2, 0.25) is 0 Å². The summed E-state index contributed by atoms with van der Waals surface area (Å²) in [7, 11) is 2.65. The zero-order chi connectivity index (χ0) is 10.3. The number of hydrogen-bond acceptors (Lipinski definition) is 6. The van der Waals surface area contributed by atoms with Gasteiger partial charge in [0, 0.05) is 11.5 Å². The number of nitrogens with two attached hydrogens (primary N) is 2. The summed E-state index contributed by atoms with van der Waals surface area (Å²) in [5.74, 6) is -0.237. The van der Waals surface area contributed by atoms with Crippen molar-refractivity contribution in [2.24, 2.45) is 11.5 Å². The van der Waals surface area contributed by atoms with E-state index in [9.17, 15) is 9.59 Å². The molecule has 0 aromatic heterocycles. The lowest BCUT2D eigenvalue weighted by atomic mass is 10.4. The Kier molecular flexibility index (Phi) is 7.06. The summed E-state index contributed by atoms with van der Waals surface area (Å²) >= 11 is 0. The number of aldehydes is 1. The van der Waals surface area contributed by atoms with E-state index in [0.717, 1.165) is 0 Å². The Labute approximate surface area is 84.0 Å². The quantitative estimate of drug-likeness (QED) is 0.298. The van der Waals surface area contributed by atoms with Gasteiger partial charge >= 0.3 is 5.97 Å². The maximum absolute atomic E-state index is 10.3. The largest absolute Gasteiger partial charge is 0.480 e. The highest BCUT2D eigenvalue weighted by atomic mass is 33.1. The molecule has 0 aliphatic heterocycles. The minimum Gasteiger partial charge on any atom is -0.480 e. The molecule has 76 valence electrons. The molecule has 1 unspecified atom stereocenters. The summed E-state index contributed by atoms with van der Waals surface area (Å²) < 4.78 is 0. The van der Waals surface area contributed by atoms with Crippen LogP contribution >= 0.6 is 21.6 Å². The van der Waals surface area contributed by atoms with E-state index in [1.165, 1.54) is 21.6 Å². The van der Waals surface area contributed by atoms with Gasteiger partial charge in [-0.25, -0.2) is 0 Å². The van der Waals surface area contributed by atoms with E-state index in [4.69, 9.17) is 16.6 Å².